The van der Waals surface area contributed by atoms with Crippen LogP contribution in [-0.4, -0.2) is 6.54 Å². The molecular weight excluding hydrogens is 134 g/mol. The van der Waals surface area contributed by atoms with Crippen LogP contribution in [0.3, 0.4) is 0 Å². The molecule has 0 fully saturated rings. The topological polar surface area (TPSA) is 12.0 Å². The predicted molar refractivity (Wildman–Crippen MR) is 50.3 cm³/mol. The summed E-state index contributed by atoms with van der Waals surface area (Å²) >= 11 is 0. The first-order valence-electron chi connectivity index (χ1n) is 3.89. The summed E-state index contributed by atoms with van der Waals surface area (Å²) in [4.78, 5) is 0. The van der Waals surface area contributed by atoms with Crippen LogP contribution in [0.4, 0.5) is 0 Å². The minimum Gasteiger partial charge on any atom is -0.384 e. The predicted octanol–water partition coefficient (Wildman–Crippen LogP) is 2.48. The van der Waals surface area contributed by atoms with E-state index < -0.39 is 0 Å². The zero-order chi connectivity index (χ0) is 8.69. The lowest BCUT2D eigenvalue weighted by molar-refractivity contribution is 0.552. The number of hydrogen-bond donors (Lipinski definition) is 1. The maximum Gasteiger partial charge on any atom is 0.0391 e. The number of allylic oxidation sites excluding steroid dienone is 1. The van der Waals surface area contributed by atoms with Crippen molar-refractivity contribution < 1.29 is 0 Å². The maximum absolute atomic E-state index is 3.86. The van der Waals surface area contributed by atoms with Crippen LogP contribution in [0.25, 0.3) is 0 Å². The highest BCUT2D eigenvalue weighted by atomic mass is 14.8. The summed E-state index contributed by atoms with van der Waals surface area (Å²) in [5.74, 6) is 0.636. The molecule has 0 amide bonds. The zero-order valence-corrected chi connectivity index (χ0v) is 7.48. The lowest BCUT2D eigenvalue weighted by atomic mass is 10.0. The highest BCUT2D eigenvalue weighted by molar-refractivity contribution is 4.90. The summed E-state index contributed by atoms with van der Waals surface area (Å²) < 4.78 is 0. The quantitative estimate of drug-likeness (QED) is 0.470. The van der Waals surface area contributed by atoms with Crippen molar-refractivity contribution >= 4 is 0 Å². The largest absolute Gasteiger partial charge is 0.384 e. The molecule has 0 aliphatic rings. The summed E-state index contributed by atoms with van der Waals surface area (Å²) in [6.45, 7) is 12.5. The van der Waals surface area contributed by atoms with Crippen LogP contribution in [0.2, 0.25) is 0 Å². The second-order valence-electron chi connectivity index (χ2n) is 3.02. The minimum atomic E-state index is 0.636. The normalized spacial score (nSPS) is 11.5. The van der Waals surface area contributed by atoms with E-state index in [1.54, 1.807) is 6.20 Å². The Morgan fingerprint density at radius 1 is 1.73 bits per heavy atom. The molecule has 1 nitrogen and oxygen atoms in total. The average molecular weight is 151 g/mol. The van der Waals surface area contributed by atoms with Gasteiger partial charge in [-0.15, -0.1) is 12.3 Å². The van der Waals surface area contributed by atoms with Crippen molar-refractivity contribution in [2.24, 2.45) is 5.92 Å². The van der Waals surface area contributed by atoms with E-state index >= 15 is 0 Å². The molecule has 0 aromatic rings. The van der Waals surface area contributed by atoms with Crippen molar-refractivity contribution in [1.29, 1.82) is 0 Å². The molecule has 0 saturated heterocycles. The Kier molecular flexibility index (Phi) is 5.32. The second-order valence-corrected chi connectivity index (χ2v) is 3.02. The third kappa shape index (κ3) is 6.95. The highest BCUT2D eigenvalue weighted by Gasteiger charge is 1.98. The van der Waals surface area contributed by atoms with Gasteiger partial charge in [0.2, 0.25) is 0 Å². The summed E-state index contributed by atoms with van der Waals surface area (Å²) in [7, 11) is 0. The number of nitrogens with one attached hydrogen (secondary N) is 1. The molecule has 0 radical (unpaired) electrons. The van der Waals surface area contributed by atoms with Gasteiger partial charge in [0.05, 0.1) is 0 Å². The van der Waals surface area contributed by atoms with Gasteiger partial charge in [-0.3, -0.25) is 0 Å². The molecule has 1 heteroatoms. The van der Waals surface area contributed by atoms with Crippen LogP contribution < -0.4 is 5.32 Å². The van der Waals surface area contributed by atoms with Crippen molar-refractivity contribution in [3.8, 4) is 0 Å². The Morgan fingerprint density at radius 3 is 2.82 bits per heavy atom. The van der Waals surface area contributed by atoms with Gasteiger partial charge < -0.3 is 5.32 Å². The maximum atomic E-state index is 3.86. The molecular formula is C10H17N. The fourth-order valence-electron chi connectivity index (χ4n) is 0.999. The molecule has 0 heterocycles. The van der Waals surface area contributed by atoms with E-state index in [2.05, 4.69) is 38.1 Å². The molecule has 1 atom stereocenters. The van der Waals surface area contributed by atoms with Gasteiger partial charge in [-0.05, 0) is 19.3 Å². The molecule has 0 rings (SSSR count). The first-order valence-corrected chi connectivity index (χ1v) is 3.89. The fourth-order valence-corrected chi connectivity index (χ4v) is 0.999. The van der Waals surface area contributed by atoms with E-state index in [1.807, 2.05) is 0 Å². The monoisotopic (exact) mass is 151 g/mol. The van der Waals surface area contributed by atoms with Gasteiger partial charge in [0, 0.05) is 12.7 Å². The molecule has 0 bridgehead atoms. The zero-order valence-electron chi connectivity index (χ0n) is 7.48. The SMILES string of the molecule is C=C=CNCC(C)CC(=C)C. The van der Waals surface area contributed by atoms with E-state index in [1.165, 1.54) is 5.57 Å². The van der Waals surface area contributed by atoms with Crippen LogP contribution in [0.1, 0.15) is 20.3 Å². The summed E-state index contributed by atoms with van der Waals surface area (Å²) in [6.07, 6.45) is 2.83. The van der Waals surface area contributed by atoms with Crippen molar-refractivity contribution in [2.75, 3.05) is 6.54 Å². The number of rotatable bonds is 5. The fraction of sp³-hybridized carbons (Fsp3) is 0.500. The first-order chi connectivity index (χ1) is 5.16. The van der Waals surface area contributed by atoms with E-state index in [4.69, 9.17) is 0 Å². The third-order valence-corrected chi connectivity index (χ3v) is 1.37. The molecule has 1 N–H and O–H groups in total. The Morgan fingerprint density at radius 2 is 2.36 bits per heavy atom. The van der Waals surface area contributed by atoms with Gasteiger partial charge in [0.1, 0.15) is 0 Å². The van der Waals surface area contributed by atoms with Crippen LogP contribution in [-0.2, 0) is 0 Å². The van der Waals surface area contributed by atoms with Gasteiger partial charge in [-0.25, -0.2) is 0 Å². The molecule has 0 aromatic heterocycles. The van der Waals surface area contributed by atoms with Crippen molar-refractivity contribution in [3.05, 3.63) is 30.7 Å². The Hall–Kier alpha value is -0.940. The van der Waals surface area contributed by atoms with E-state index in [9.17, 15) is 0 Å². The van der Waals surface area contributed by atoms with Crippen molar-refractivity contribution in [1.82, 2.24) is 5.32 Å². The summed E-state index contributed by atoms with van der Waals surface area (Å²) in [5, 5.41) is 3.10. The standard InChI is InChI=1S/C10H17N/c1-5-6-11-8-10(4)7-9(2)3/h6,10-11H,1-2,7-8H2,3-4H3. The van der Waals surface area contributed by atoms with Crippen molar-refractivity contribution in [2.45, 2.75) is 20.3 Å². The molecule has 0 aliphatic carbocycles. The summed E-state index contributed by atoms with van der Waals surface area (Å²) in [5.41, 5.74) is 3.91. The Labute approximate surface area is 69.5 Å². The van der Waals surface area contributed by atoms with E-state index in [-0.39, 0.29) is 0 Å². The average Bonchev–Trinajstić information content (AvgIpc) is 1.86. The second kappa shape index (κ2) is 5.82. The van der Waals surface area contributed by atoms with Gasteiger partial charge in [-0.1, -0.05) is 19.1 Å². The van der Waals surface area contributed by atoms with E-state index in [0.717, 1.165) is 13.0 Å². The van der Waals surface area contributed by atoms with Gasteiger partial charge in [-0.2, -0.15) is 0 Å². The van der Waals surface area contributed by atoms with Crippen LogP contribution in [0.5, 0.6) is 0 Å². The summed E-state index contributed by atoms with van der Waals surface area (Å²) in [6, 6.07) is 0. The molecule has 0 spiro atoms. The molecule has 0 saturated carbocycles. The first kappa shape index (κ1) is 10.1. The molecule has 11 heavy (non-hydrogen) atoms. The third-order valence-electron chi connectivity index (χ3n) is 1.37. The Bertz CT molecular complexity index is 164. The molecule has 1 unspecified atom stereocenters. The molecule has 0 aromatic carbocycles. The van der Waals surface area contributed by atoms with Crippen LogP contribution in [0, 0.1) is 5.92 Å². The van der Waals surface area contributed by atoms with Crippen LogP contribution >= 0.6 is 0 Å². The van der Waals surface area contributed by atoms with Gasteiger partial charge in [0.25, 0.3) is 0 Å². The Balaban J connectivity index is 3.44. The number of hydrogen-bond acceptors (Lipinski definition) is 1. The minimum absolute atomic E-state index is 0.636. The van der Waals surface area contributed by atoms with Crippen molar-refractivity contribution in [3.63, 3.8) is 0 Å². The van der Waals surface area contributed by atoms with Gasteiger partial charge >= 0.3 is 0 Å². The van der Waals surface area contributed by atoms with E-state index in [0.29, 0.717) is 5.92 Å². The van der Waals surface area contributed by atoms with Crippen LogP contribution in [0.15, 0.2) is 30.7 Å². The van der Waals surface area contributed by atoms with Gasteiger partial charge in [0.15, 0.2) is 0 Å². The lowest BCUT2D eigenvalue weighted by Gasteiger charge is -2.09. The highest BCUT2D eigenvalue weighted by Crippen LogP contribution is 2.06. The lowest BCUT2D eigenvalue weighted by Crippen LogP contribution is -2.15. The molecule has 0 aliphatic heterocycles. The smallest absolute Gasteiger partial charge is 0.0391 e. The molecule has 62 valence electrons.